The lowest BCUT2D eigenvalue weighted by molar-refractivity contribution is -0.116. The van der Waals surface area contributed by atoms with E-state index in [9.17, 15) is 4.79 Å². The average molecular weight is 268 g/mol. The van der Waals surface area contributed by atoms with Crippen LogP contribution in [0.15, 0.2) is 29.8 Å². The van der Waals surface area contributed by atoms with Gasteiger partial charge in [0.25, 0.3) is 0 Å². The Hall–Kier alpha value is -1.48. The normalized spacial score (nSPS) is 9.83. The first kappa shape index (κ1) is 14.6. The summed E-state index contributed by atoms with van der Waals surface area (Å²) < 4.78 is 5.09. The summed E-state index contributed by atoms with van der Waals surface area (Å²) in [5.74, 6) is 0.583. The maximum absolute atomic E-state index is 11.6. The van der Waals surface area contributed by atoms with Crippen LogP contribution in [0.2, 0.25) is 5.02 Å². The molecule has 1 aromatic rings. The Morgan fingerprint density at radius 3 is 2.50 bits per heavy atom. The summed E-state index contributed by atoms with van der Waals surface area (Å²) in [6.07, 6.45) is 2.00. The topological polar surface area (TPSA) is 29.5 Å². The van der Waals surface area contributed by atoms with Crippen molar-refractivity contribution in [2.45, 2.75) is 20.8 Å². The molecular weight excluding hydrogens is 250 g/mol. The van der Waals surface area contributed by atoms with Crippen molar-refractivity contribution in [3.05, 3.63) is 34.9 Å². The fraction of sp³-hybridized carbons (Fsp3) is 0.357. The van der Waals surface area contributed by atoms with Gasteiger partial charge in [0.05, 0.1) is 12.1 Å². The third-order valence-electron chi connectivity index (χ3n) is 2.51. The summed E-state index contributed by atoms with van der Waals surface area (Å²) in [4.78, 5) is 13.3. The predicted octanol–water partition coefficient (Wildman–Crippen LogP) is 3.67. The molecule has 98 valence electrons. The Morgan fingerprint density at radius 1 is 1.39 bits per heavy atom. The van der Waals surface area contributed by atoms with E-state index in [-0.39, 0.29) is 5.91 Å². The lowest BCUT2D eigenvalue weighted by Crippen LogP contribution is -2.28. The highest BCUT2D eigenvalue weighted by Crippen LogP contribution is 2.29. The summed E-state index contributed by atoms with van der Waals surface area (Å²) >= 11 is 6.06. The van der Waals surface area contributed by atoms with E-state index in [2.05, 4.69) is 0 Å². The molecule has 3 nitrogen and oxygen atoms in total. The maximum Gasteiger partial charge on any atom is 0.224 e. The third kappa shape index (κ3) is 3.77. The van der Waals surface area contributed by atoms with Crippen LogP contribution in [0.3, 0.4) is 0 Å². The van der Waals surface area contributed by atoms with Crippen molar-refractivity contribution >= 4 is 23.2 Å². The van der Waals surface area contributed by atoms with Gasteiger partial charge in [-0.1, -0.05) is 23.3 Å². The number of carbonyl (C=O) groups excluding carboxylic acids is 1. The molecule has 0 radical (unpaired) electrons. The van der Waals surface area contributed by atoms with Crippen LogP contribution in [0.25, 0.3) is 0 Å². The highest BCUT2D eigenvalue weighted by molar-refractivity contribution is 6.32. The first-order valence-electron chi connectivity index (χ1n) is 5.70. The minimum atomic E-state index is -0.0197. The van der Waals surface area contributed by atoms with Crippen LogP contribution in [-0.2, 0) is 4.79 Å². The minimum absolute atomic E-state index is 0.0197. The van der Waals surface area contributed by atoms with Crippen molar-refractivity contribution in [3.63, 3.8) is 0 Å². The van der Waals surface area contributed by atoms with Gasteiger partial charge >= 0.3 is 0 Å². The third-order valence-corrected chi connectivity index (χ3v) is 2.80. The number of ether oxygens (including phenoxy) is 1. The molecule has 0 aromatic heterocycles. The molecule has 0 aliphatic carbocycles. The molecule has 0 saturated heterocycles. The summed E-state index contributed by atoms with van der Waals surface area (Å²) in [6.45, 7) is 6.08. The van der Waals surface area contributed by atoms with Crippen molar-refractivity contribution in [2.75, 3.05) is 18.6 Å². The number of amides is 1. The van der Waals surface area contributed by atoms with E-state index in [0.717, 1.165) is 5.69 Å². The Balaban J connectivity index is 3.03. The van der Waals surface area contributed by atoms with Gasteiger partial charge in [-0.05, 0) is 32.0 Å². The van der Waals surface area contributed by atoms with Gasteiger partial charge in [0, 0.05) is 19.2 Å². The molecule has 0 unspecified atom stereocenters. The number of nitrogens with zero attached hydrogens (tertiary/aromatic N) is 1. The number of carbonyl (C=O) groups is 1. The molecule has 0 aliphatic rings. The van der Waals surface area contributed by atoms with Crippen molar-refractivity contribution < 1.29 is 9.53 Å². The number of methoxy groups -OCH3 is 1. The molecule has 1 rings (SSSR count). The Labute approximate surface area is 113 Å². The van der Waals surface area contributed by atoms with Gasteiger partial charge in [0.1, 0.15) is 5.75 Å². The van der Waals surface area contributed by atoms with Crippen LogP contribution in [0, 0.1) is 0 Å². The molecule has 0 fully saturated rings. The molecule has 0 atom stereocenters. The number of rotatable bonds is 4. The van der Waals surface area contributed by atoms with E-state index in [4.69, 9.17) is 16.3 Å². The molecular formula is C14H18ClNO2. The predicted molar refractivity (Wildman–Crippen MR) is 75.5 cm³/mol. The summed E-state index contributed by atoms with van der Waals surface area (Å²) in [6, 6.07) is 5.32. The number of halogens is 1. The standard InChI is InChI=1S/C14H18ClNO2/c1-10(2)7-8-16(11(3)17)12-5-6-14(18-4)13(15)9-12/h5-7,9H,8H2,1-4H3. The van der Waals surface area contributed by atoms with E-state index in [1.807, 2.05) is 26.0 Å². The van der Waals surface area contributed by atoms with Crippen LogP contribution in [-0.4, -0.2) is 19.6 Å². The highest BCUT2D eigenvalue weighted by Gasteiger charge is 2.12. The van der Waals surface area contributed by atoms with Crippen LogP contribution >= 0.6 is 11.6 Å². The van der Waals surface area contributed by atoms with Gasteiger partial charge in [-0.3, -0.25) is 4.79 Å². The smallest absolute Gasteiger partial charge is 0.224 e. The fourth-order valence-corrected chi connectivity index (χ4v) is 1.76. The molecule has 0 bridgehead atoms. The SMILES string of the molecule is COc1ccc(N(CC=C(C)C)C(C)=O)cc1Cl. The van der Waals surface area contributed by atoms with Crippen LogP contribution in [0.4, 0.5) is 5.69 Å². The van der Waals surface area contributed by atoms with E-state index in [1.54, 1.807) is 24.1 Å². The molecule has 18 heavy (non-hydrogen) atoms. The lowest BCUT2D eigenvalue weighted by Gasteiger charge is -2.20. The van der Waals surface area contributed by atoms with E-state index in [0.29, 0.717) is 17.3 Å². The highest BCUT2D eigenvalue weighted by atomic mass is 35.5. The van der Waals surface area contributed by atoms with Gasteiger partial charge in [0.2, 0.25) is 5.91 Å². The van der Waals surface area contributed by atoms with Gasteiger partial charge in [-0.25, -0.2) is 0 Å². The maximum atomic E-state index is 11.6. The first-order valence-corrected chi connectivity index (χ1v) is 6.08. The first-order chi connectivity index (χ1) is 8.45. The zero-order chi connectivity index (χ0) is 13.7. The molecule has 0 heterocycles. The van der Waals surface area contributed by atoms with Crippen molar-refractivity contribution in [1.82, 2.24) is 0 Å². The van der Waals surface area contributed by atoms with Crippen LogP contribution in [0.1, 0.15) is 20.8 Å². The largest absolute Gasteiger partial charge is 0.495 e. The second-order valence-corrected chi connectivity index (χ2v) is 4.64. The number of benzene rings is 1. The van der Waals surface area contributed by atoms with Crippen LogP contribution < -0.4 is 9.64 Å². The molecule has 1 aromatic carbocycles. The zero-order valence-electron chi connectivity index (χ0n) is 11.2. The van der Waals surface area contributed by atoms with Gasteiger partial charge < -0.3 is 9.64 Å². The van der Waals surface area contributed by atoms with Crippen LogP contribution in [0.5, 0.6) is 5.75 Å². The summed E-state index contributed by atoms with van der Waals surface area (Å²) in [7, 11) is 1.56. The quantitative estimate of drug-likeness (QED) is 0.779. The summed E-state index contributed by atoms with van der Waals surface area (Å²) in [5.41, 5.74) is 1.94. The second-order valence-electron chi connectivity index (χ2n) is 4.23. The van der Waals surface area contributed by atoms with Crippen molar-refractivity contribution in [3.8, 4) is 5.75 Å². The van der Waals surface area contributed by atoms with E-state index < -0.39 is 0 Å². The average Bonchev–Trinajstić information content (AvgIpc) is 2.28. The molecule has 0 saturated carbocycles. The monoisotopic (exact) mass is 267 g/mol. The van der Waals surface area contributed by atoms with Crippen molar-refractivity contribution in [1.29, 1.82) is 0 Å². The Kier molecular flexibility index (Phi) is 5.23. The lowest BCUT2D eigenvalue weighted by atomic mass is 10.2. The van der Waals surface area contributed by atoms with Gasteiger partial charge in [-0.2, -0.15) is 0 Å². The fourth-order valence-electron chi connectivity index (χ4n) is 1.51. The number of hydrogen-bond donors (Lipinski definition) is 0. The summed E-state index contributed by atoms with van der Waals surface area (Å²) in [5, 5.41) is 0.499. The number of hydrogen-bond acceptors (Lipinski definition) is 2. The van der Waals surface area contributed by atoms with Gasteiger partial charge in [0.15, 0.2) is 0 Å². The Bertz CT molecular complexity index is 465. The molecule has 0 aliphatic heterocycles. The number of allylic oxidation sites excluding steroid dienone is 1. The molecule has 0 N–H and O–H groups in total. The van der Waals surface area contributed by atoms with Gasteiger partial charge in [-0.15, -0.1) is 0 Å². The molecule has 0 spiro atoms. The zero-order valence-corrected chi connectivity index (χ0v) is 11.9. The Morgan fingerprint density at radius 2 is 2.06 bits per heavy atom. The number of anilines is 1. The second kappa shape index (κ2) is 6.45. The van der Waals surface area contributed by atoms with E-state index in [1.165, 1.54) is 12.5 Å². The van der Waals surface area contributed by atoms with E-state index >= 15 is 0 Å². The minimum Gasteiger partial charge on any atom is -0.495 e. The molecule has 4 heteroatoms. The van der Waals surface area contributed by atoms with Crippen molar-refractivity contribution in [2.24, 2.45) is 0 Å². The molecule has 1 amide bonds.